The summed E-state index contributed by atoms with van der Waals surface area (Å²) in [6.07, 6.45) is 2.82. The molecule has 1 aliphatic rings. The Bertz CT molecular complexity index is 1350. The molecule has 8 heteroatoms. The van der Waals surface area contributed by atoms with Gasteiger partial charge < -0.3 is 0 Å². The van der Waals surface area contributed by atoms with Crippen molar-refractivity contribution in [3.63, 3.8) is 0 Å². The third-order valence-electron chi connectivity index (χ3n) is 9.08. The number of rotatable bonds is 12. The first-order chi connectivity index (χ1) is 20.3. The van der Waals surface area contributed by atoms with E-state index < -0.39 is 32.1 Å². The molecule has 0 aromatic heterocycles. The maximum atomic E-state index is 14.3. The average molecular weight is 647 g/mol. The molecule has 2 N–H and O–H groups in total. The summed E-state index contributed by atoms with van der Waals surface area (Å²) in [6.45, 7) is 24.8. The van der Waals surface area contributed by atoms with Gasteiger partial charge in [0.25, 0.3) is 0 Å². The third-order valence-corrected chi connectivity index (χ3v) is 12.3. The van der Waals surface area contributed by atoms with Gasteiger partial charge in [0.1, 0.15) is 0 Å². The van der Waals surface area contributed by atoms with Crippen molar-refractivity contribution in [3.8, 4) is 0 Å². The van der Waals surface area contributed by atoms with Gasteiger partial charge in [-0.05, 0) is 81.7 Å². The fourth-order valence-electron chi connectivity index (χ4n) is 6.33. The Labute approximate surface area is 269 Å². The van der Waals surface area contributed by atoms with Gasteiger partial charge in [0.15, 0.2) is 0 Å². The van der Waals surface area contributed by atoms with E-state index in [2.05, 4.69) is 37.1 Å². The van der Waals surface area contributed by atoms with Crippen molar-refractivity contribution in [3.05, 3.63) is 57.6 Å². The minimum Gasteiger partial charge on any atom is -0.207 e. The van der Waals surface area contributed by atoms with Gasteiger partial charge in [-0.25, -0.2) is 26.3 Å². The largest absolute Gasteiger partial charge is 0.241 e. The molecule has 2 aromatic rings. The van der Waals surface area contributed by atoms with Crippen molar-refractivity contribution in [2.45, 2.75) is 166 Å². The van der Waals surface area contributed by atoms with E-state index in [1.54, 1.807) is 0 Å². The molecule has 1 aliphatic carbocycles. The van der Waals surface area contributed by atoms with E-state index in [1.807, 2.05) is 79.7 Å². The maximum Gasteiger partial charge on any atom is 0.241 e. The smallest absolute Gasteiger partial charge is 0.207 e. The first-order valence-corrected chi connectivity index (χ1v) is 19.6. The second-order valence-corrected chi connectivity index (χ2v) is 18.0. The Balaban J connectivity index is 2.09. The quantitative estimate of drug-likeness (QED) is 0.241. The van der Waals surface area contributed by atoms with Crippen molar-refractivity contribution >= 4 is 20.0 Å². The van der Waals surface area contributed by atoms with Crippen molar-refractivity contribution in [2.75, 3.05) is 0 Å². The summed E-state index contributed by atoms with van der Waals surface area (Å²) in [5.41, 5.74) is 5.51. The first kappa shape index (κ1) is 36.7. The molecule has 6 nitrogen and oxygen atoms in total. The van der Waals surface area contributed by atoms with Gasteiger partial charge >= 0.3 is 0 Å². The summed E-state index contributed by atoms with van der Waals surface area (Å²) in [5, 5.41) is 0. The predicted octanol–water partition coefficient (Wildman–Crippen LogP) is 9.00. The second-order valence-electron chi connectivity index (χ2n) is 14.7. The van der Waals surface area contributed by atoms with Crippen LogP contribution in [0.25, 0.3) is 0 Å². The molecule has 0 bridgehead atoms. The lowest BCUT2D eigenvalue weighted by Gasteiger charge is -2.34. The van der Waals surface area contributed by atoms with Gasteiger partial charge in [0.2, 0.25) is 20.0 Å². The molecule has 0 amide bonds. The van der Waals surface area contributed by atoms with E-state index in [0.717, 1.165) is 46.2 Å². The first-order valence-electron chi connectivity index (χ1n) is 16.7. The molecule has 0 heterocycles. The summed E-state index contributed by atoms with van der Waals surface area (Å²) in [5.74, 6) is 0.584. The molecule has 3 rings (SSSR count). The zero-order chi connectivity index (χ0) is 33.3. The Morgan fingerprint density at radius 2 is 0.727 bits per heavy atom. The number of nitrogens with one attached hydrogen (secondary N) is 2. The van der Waals surface area contributed by atoms with Crippen molar-refractivity contribution in [1.82, 2.24) is 9.44 Å². The molecular formula is C36H58N2O4S2. The Morgan fingerprint density at radius 3 is 0.932 bits per heavy atom. The average Bonchev–Trinajstić information content (AvgIpc) is 2.91. The predicted molar refractivity (Wildman–Crippen MR) is 184 cm³/mol. The van der Waals surface area contributed by atoms with Crippen LogP contribution in [0.5, 0.6) is 0 Å². The fraction of sp³-hybridized carbons (Fsp3) is 0.667. The zero-order valence-electron chi connectivity index (χ0n) is 29.2. The van der Waals surface area contributed by atoms with Gasteiger partial charge in [0, 0.05) is 12.1 Å². The Hall–Kier alpha value is -1.74. The molecule has 0 saturated heterocycles. The van der Waals surface area contributed by atoms with Crippen LogP contribution < -0.4 is 9.44 Å². The van der Waals surface area contributed by atoms with Crippen molar-refractivity contribution < 1.29 is 16.8 Å². The molecule has 1 fully saturated rings. The van der Waals surface area contributed by atoms with E-state index in [-0.39, 0.29) is 35.5 Å². The van der Waals surface area contributed by atoms with E-state index >= 15 is 0 Å². The van der Waals surface area contributed by atoms with Crippen LogP contribution in [0.15, 0.2) is 34.1 Å². The SMILES string of the molecule is CC(C)c1cc(C(C)C)c(S(=O)(=O)N[C@H]2CCCC[C@H]2NS(=O)(=O)c2c(C(C)C)cc(C(C)C)cc2C(C)C)c(C(C)C)c1. The monoisotopic (exact) mass is 646 g/mol. The Morgan fingerprint density at radius 1 is 0.477 bits per heavy atom. The second kappa shape index (κ2) is 14.4. The number of hydrogen-bond donors (Lipinski definition) is 2. The highest BCUT2D eigenvalue weighted by molar-refractivity contribution is 7.90. The fourth-order valence-corrected chi connectivity index (χ4v) is 10.3. The highest BCUT2D eigenvalue weighted by Crippen LogP contribution is 2.38. The minimum absolute atomic E-state index is 0.0103. The Kier molecular flexibility index (Phi) is 12.0. The molecule has 2 atom stereocenters. The maximum absolute atomic E-state index is 14.3. The number of benzene rings is 2. The van der Waals surface area contributed by atoms with Crippen LogP contribution in [0.4, 0.5) is 0 Å². The van der Waals surface area contributed by atoms with Crippen LogP contribution in [0, 0.1) is 0 Å². The topological polar surface area (TPSA) is 92.3 Å². The molecule has 0 aliphatic heterocycles. The van der Waals surface area contributed by atoms with Gasteiger partial charge in [-0.3, -0.25) is 0 Å². The molecule has 44 heavy (non-hydrogen) atoms. The van der Waals surface area contributed by atoms with Crippen LogP contribution in [-0.4, -0.2) is 28.9 Å². The third kappa shape index (κ3) is 8.15. The van der Waals surface area contributed by atoms with Crippen molar-refractivity contribution in [1.29, 1.82) is 0 Å². The van der Waals surface area contributed by atoms with Crippen LogP contribution in [0.2, 0.25) is 0 Å². The number of sulfonamides is 2. The highest BCUT2D eigenvalue weighted by atomic mass is 32.2. The summed E-state index contributed by atoms with van der Waals surface area (Å²) >= 11 is 0. The molecule has 248 valence electrons. The van der Waals surface area contributed by atoms with Gasteiger partial charge in [-0.15, -0.1) is 0 Å². The highest BCUT2D eigenvalue weighted by Gasteiger charge is 2.37. The molecule has 2 aromatic carbocycles. The summed E-state index contributed by atoms with van der Waals surface area (Å²) in [4.78, 5) is 0.708. The molecular weight excluding hydrogens is 589 g/mol. The van der Waals surface area contributed by atoms with E-state index in [9.17, 15) is 16.8 Å². The van der Waals surface area contributed by atoms with Crippen LogP contribution in [0.1, 0.15) is 178 Å². The van der Waals surface area contributed by atoms with E-state index in [1.165, 1.54) is 0 Å². The van der Waals surface area contributed by atoms with Crippen LogP contribution in [-0.2, 0) is 20.0 Å². The molecule has 1 saturated carbocycles. The number of hydrogen-bond acceptors (Lipinski definition) is 4. The summed E-state index contributed by atoms with van der Waals surface area (Å²) in [7, 11) is -7.90. The van der Waals surface area contributed by atoms with Crippen molar-refractivity contribution in [2.24, 2.45) is 0 Å². The van der Waals surface area contributed by atoms with E-state index in [0.29, 0.717) is 22.6 Å². The normalized spacial score (nSPS) is 18.5. The molecule has 0 unspecified atom stereocenters. The van der Waals surface area contributed by atoms with Crippen LogP contribution >= 0.6 is 0 Å². The lowest BCUT2D eigenvalue weighted by atomic mass is 9.89. The minimum atomic E-state index is -3.95. The lowest BCUT2D eigenvalue weighted by Crippen LogP contribution is -2.53. The summed E-state index contributed by atoms with van der Waals surface area (Å²) < 4.78 is 63.3. The summed E-state index contributed by atoms with van der Waals surface area (Å²) in [6, 6.07) is 7.07. The standard InChI is InChI=1S/C36H58N2O4S2/c1-21(2)27-17-29(23(5)6)35(30(18-27)24(7)8)43(39,40)37-33-15-13-14-16-34(33)38-44(41,42)36-31(25(9)10)19-28(22(3)4)20-32(36)26(11)12/h17-26,33-34,37-38H,13-16H2,1-12H3/t33-,34+. The molecule has 0 spiro atoms. The van der Waals surface area contributed by atoms with Crippen LogP contribution in [0.3, 0.4) is 0 Å². The van der Waals surface area contributed by atoms with Gasteiger partial charge in [-0.1, -0.05) is 120 Å². The zero-order valence-corrected chi connectivity index (χ0v) is 30.8. The lowest BCUT2D eigenvalue weighted by molar-refractivity contribution is 0.339. The van der Waals surface area contributed by atoms with Gasteiger partial charge in [0.05, 0.1) is 9.79 Å². The van der Waals surface area contributed by atoms with Gasteiger partial charge in [-0.2, -0.15) is 0 Å². The molecule has 0 radical (unpaired) electrons. The van der Waals surface area contributed by atoms with E-state index in [4.69, 9.17) is 0 Å².